The number of benzene rings is 2. The first-order chi connectivity index (χ1) is 18.3. The fraction of sp³-hybridized carbons (Fsp3) is 0.321. The van der Waals surface area contributed by atoms with Gasteiger partial charge in [-0.05, 0) is 49.8 Å². The molecule has 0 radical (unpaired) electrons. The summed E-state index contributed by atoms with van der Waals surface area (Å²) in [6, 6.07) is 16.2. The van der Waals surface area contributed by atoms with E-state index in [4.69, 9.17) is 17.3 Å². The van der Waals surface area contributed by atoms with Gasteiger partial charge in [0.05, 0.1) is 28.5 Å². The zero-order valence-corrected chi connectivity index (χ0v) is 22.1. The van der Waals surface area contributed by atoms with E-state index >= 15 is 0 Å². The second-order valence-corrected chi connectivity index (χ2v) is 10.1. The molecule has 5 rings (SSSR count). The Labute approximate surface area is 226 Å². The van der Waals surface area contributed by atoms with Crippen LogP contribution >= 0.6 is 11.6 Å². The van der Waals surface area contributed by atoms with Crippen LogP contribution in [0.5, 0.6) is 0 Å². The van der Waals surface area contributed by atoms with Gasteiger partial charge in [-0.3, -0.25) is 9.59 Å². The van der Waals surface area contributed by atoms with Crippen molar-refractivity contribution in [2.24, 2.45) is 5.73 Å². The highest BCUT2D eigenvalue weighted by molar-refractivity contribution is 6.36. The van der Waals surface area contributed by atoms with Crippen LogP contribution in [0.4, 0.5) is 10.5 Å². The topological polar surface area (TPSA) is 104 Å². The van der Waals surface area contributed by atoms with Gasteiger partial charge in [-0.1, -0.05) is 41.9 Å². The number of urea groups is 1. The number of nitrogens with one attached hydrogen (secondary N) is 1. The molecule has 0 aliphatic carbocycles. The van der Waals surface area contributed by atoms with E-state index in [0.29, 0.717) is 41.6 Å². The molecule has 0 unspecified atom stereocenters. The zero-order valence-electron chi connectivity index (χ0n) is 21.3. The summed E-state index contributed by atoms with van der Waals surface area (Å²) < 4.78 is 1.97. The van der Waals surface area contributed by atoms with Crippen LogP contribution < -0.4 is 11.1 Å². The Morgan fingerprint density at radius 2 is 1.58 bits per heavy atom. The number of aromatic nitrogens is 1. The second-order valence-electron chi connectivity index (χ2n) is 9.74. The summed E-state index contributed by atoms with van der Waals surface area (Å²) in [6.07, 6.45) is 0.950. The van der Waals surface area contributed by atoms with E-state index in [-0.39, 0.29) is 24.0 Å². The first kappa shape index (κ1) is 25.8. The number of halogens is 1. The minimum absolute atomic E-state index is 0.0000455. The first-order valence-electron chi connectivity index (χ1n) is 12.7. The molecule has 3 N–H and O–H groups in total. The number of carbonyl (C=O) groups is 3. The van der Waals surface area contributed by atoms with Crippen LogP contribution in [-0.4, -0.2) is 76.9 Å². The number of nitrogens with two attached hydrogens (primary N) is 1. The zero-order chi connectivity index (χ0) is 26.8. The summed E-state index contributed by atoms with van der Waals surface area (Å²) in [6.45, 7) is 4.37. The quantitative estimate of drug-likeness (QED) is 0.532. The van der Waals surface area contributed by atoms with Crippen LogP contribution in [-0.2, 0) is 13.1 Å². The van der Waals surface area contributed by atoms with Gasteiger partial charge >= 0.3 is 6.03 Å². The van der Waals surface area contributed by atoms with Crippen molar-refractivity contribution < 1.29 is 14.4 Å². The molecule has 4 amide bonds. The molecular formula is C28H31ClN6O3. The molecule has 38 heavy (non-hydrogen) atoms. The molecule has 198 valence electrons. The molecule has 1 saturated heterocycles. The van der Waals surface area contributed by atoms with Crippen LogP contribution in [0.1, 0.15) is 32.8 Å². The maximum Gasteiger partial charge on any atom is 0.322 e. The van der Waals surface area contributed by atoms with Gasteiger partial charge in [0.1, 0.15) is 0 Å². The van der Waals surface area contributed by atoms with Gasteiger partial charge in [-0.15, -0.1) is 0 Å². The lowest BCUT2D eigenvalue weighted by Crippen LogP contribution is -2.41. The average molecular weight is 535 g/mol. The number of fused-ring (bicyclic) bond motifs is 1. The van der Waals surface area contributed by atoms with Crippen molar-refractivity contribution in [3.8, 4) is 11.3 Å². The number of hydrogen-bond acceptors (Lipinski definition) is 4. The van der Waals surface area contributed by atoms with E-state index in [2.05, 4.69) is 17.3 Å². The molecule has 0 spiro atoms. The van der Waals surface area contributed by atoms with Crippen molar-refractivity contribution in [2.45, 2.75) is 19.5 Å². The van der Waals surface area contributed by atoms with Crippen molar-refractivity contribution >= 4 is 35.1 Å². The monoisotopic (exact) mass is 534 g/mol. The Bertz CT molecular complexity index is 1360. The second kappa shape index (κ2) is 10.9. The third-order valence-electron chi connectivity index (χ3n) is 7.22. The number of amides is 4. The van der Waals surface area contributed by atoms with Gasteiger partial charge < -0.3 is 30.3 Å². The Balaban J connectivity index is 1.29. The van der Waals surface area contributed by atoms with Gasteiger partial charge in [0.15, 0.2) is 0 Å². The fourth-order valence-electron chi connectivity index (χ4n) is 5.16. The van der Waals surface area contributed by atoms with Gasteiger partial charge in [-0.25, -0.2) is 4.79 Å². The Hall–Kier alpha value is -3.82. The SMILES string of the molecule is CN1CCCN(C(=O)c2ccc(NC(=O)N3CCn4c(c(C(N)=O)c(Cl)c4-c4ccccc4)C3)cc2)CC1. The molecule has 0 saturated carbocycles. The number of nitrogens with zero attached hydrogens (tertiary/aromatic N) is 4. The van der Waals surface area contributed by atoms with Crippen molar-refractivity contribution in [2.75, 3.05) is 45.1 Å². The van der Waals surface area contributed by atoms with E-state index in [1.54, 1.807) is 29.2 Å². The summed E-state index contributed by atoms with van der Waals surface area (Å²) in [4.78, 5) is 44.1. The molecule has 9 nitrogen and oxygen atoms in total. The molecule has 2 aliphatic rings. The lowest BCUT2D eigenvalue weighted by Gasteiger charge is -2.30. The van der Waals surface area contributed by atoms with Crippen molar-refractivity contribution in [3.05, 3.63) is 76.4 Å². The smallest absolute Gasteiger partial charge is 0.322 e. The fourth-order valence-corrected chi connectivity index (χ4v) is 5.57. The molecule has 0 bridgehead atoms. The molecule has 2 aromatic carbocycles. The first-order valence-corrected chi connectivity index (χ1v) is 13.1. The minimum atomic E-state index is -0.625. The molecule has 1 fully saturated rings. The number of anilines is 1. The van der Waals surface area contributed by atoms with Gasteiger partial charge in [-0.2, -0.15) is 0 Å². The predicted octanol–water partition coefficient (Wildman–Crippen LogP) is 3.73. The molecule has 1 aromatic heterocycles. The van der Waals surface area contributed by atoms with E-state index < -0.39 is 5.91 Å². The van der Waals surface area contributed by atoms with E-state index in [0.717, 1.165) is 37.3 Å². The minimum Gasteiger partial charge on any atom is -0.365 e. The van der Waals surface area contributed by atoms with Gasteiger partial charge in [0, 0.05) is 44.0 Å². The summed E-state index contributed by atoms with van der Waals surface area (Å²) in [7, 11) is 2.07. The van der Waals surface area contributed by atoms with Gasteiger partial charge in [0.25, 0.3) is 11.8 Å². The molecule has 10 heteroatoms. The molecule has 3 heterocycles. The molecule has 2 aliphatic heterocycles. The van der Waals surface area contributed by atoms with Crippen LogP contribution in [0.3, 0.4) is 0 Å². The van der Waals surface area contributed by atoms with Crippen LogP contribution in [0.25, 0.3) is 11.3 Å². The molecular weight excluding hydrogens is 504 g/mol. The number of carbonyl (C=O) groups excluding carboxylic acids is 3. The standard InChI is InChI=1S/C28H31ClN6O3/c1-32-12-5-13-33(15-14-32)27(37)20-8-10-21(11-9-20)31-28(38)34-16-17-35-22(18-34)23(26(30)36)24(29)25(35)19-6-3-2-4-7-19/h2-4,6-11H,5,12-18H2,1H3,(H2,30,36)(H,31,38). The lowest BCUT2D eigenvalue weighted by atomic mass is 10.1. The number of rotatable bonds is 4. The maximum atomic E-state index is 13.1. The van der Waals surface area contributed by atoms with E-state index in [9.17, 15) is 14.4 Å². The highest BCUT2D eigenvalue weighted by atomic mass is 35.5. The van der Waals surface area contributed by atoms with E-state index in [1.807, 2.05) is 39.8 Å². The maximum absolute atomic E-state index is 13.1. The highest BCUT2D eigenvalue weighted by Crippen LogP contribution is 2.37. The van der Waals surface area contributed by atoms with Crippen molar-refractivity contribution in [1.29, 1.82) is 0 Å². The number of likely N-dealkylation sites (N-methyl/N-ethyl adjacent to an activating group) is 1. The number of hydrogen-bond donors (Lipinski definition) is 2. The normalized spacial score (nSPS) is 16.1. The van der Waals surface area contributed by atoms with Crippen molar-refractivity contribution in [3.63, 3.8) is 0 Å². The lowest BCUT2D eigenvalue weighted by molar-refractivity contribution is 0.0762. The third kappa shape index (κ3) is 5.12. The third-order valence-corrected chi connectivity index (χ3v) is 7.58. The molecule has 3 aromatic rings. The predicted molar refractivity (Wildman–Crippen MR) is 147 cm³/mol. The van der Waals surface area contributed by atoms with Crippen LogP contribution in [0, 0.1) is 0 Å². The highest BCUT2D eigenvalue weighted by Gasteiger charge is 2.31. The summed E-state index contributed by atoms with van der Waals surface area (Å²) in [5, 5.41) is 3.21. The molecule has 0 atom stereocenters. The summed E-state index contributed by atoms with van der Waals surface area (Å²) >= 11 is 6.65. The largest absolute Gasteiger partial charge is 0.365 e. The summed E-state index contributed by atoms with van der Waals surface area (Å²) in [5.74, 6) is -0.625. The Kier molecular flexibility index (Phi) is 7.40. The number of primary amides is 1. The summed E-state index contributed by atoms with van der Waals surface area (Å²) in [5.41, 5.74) is 9.34. The Morgan fingerprint density at radius 1 is 0.868 bits per heavy atom. The van der Waals surface area contributed by atoms with Gasteiger partial charge in [0.2, 0.25) is 0 Å². The van der Waals surface area contributed by atoms with Crippen LogP contribution in [0.15, 0.2) is 54.6 Å². The average Bonchev–Trinajstić information content (AvgIpc) is 3.04. The Morgan fingerprint density at radius 3 is 2.29 bits per heavy atom. The van der Waals surface area contributed by atoms with Crippen LogP contribution in [0.2, 0.25) is 5.02 Å². The van der Waals surface area contributed by atoms with E-state index in [1.165, 1.54) is 0 Å². The van der Waals surface area contributed by atoms with Crippen molar-refractivity contribution in [1.82, 2.24) is 19.3 Å².